The number of rotatable bonds is 4. The summed E-state index contributed by atoms with van der Waals surface area (Å²) in [5.74, 6) is -0.727. The summed E-state index contributed by atoms with van der Waals surface area (Å²) in [6.45, 7) is 0.362. The smallest absolute Gasteiger partial charge is 0.245 e. The number of hydrogen-bond donors (Lipinski definition) is 1. The summed E-state index contributed by atoms with van der Waals surface area (Å²) in [4.78, 5) is 25.9. The van der Waals surface area contributed by atoms with Crippen molar-refractivity contribution < 1.29 is 9.59 Å². The highest BCUT2D eigenvalue weighted by molar-refractivity contribution is 6.30. The highest BCUT2D eigenvalue weighted by atomic mass is 35.5. The number of carbonyl (C=O) groups is 2. The van der Waals surface area contributed by atoms with Gasteiger partial charge in [-0.1, -0.05) is 41.9 Å². The first-order valence-electron chi connectivity index (χ1n) is 7.57. The molecule has 3 rings (SSSR count). The van der Waals surface area contributed by atoms with Crippen LogP contribution in [0.3, 0.4) is 0 Å². The lowest BCUT2D eigenvalue weighted by atomic mass is 10.1. The second kappa shape index (κ2) is 7.27. The van der Waals surface area contributed by atoms with E-state index in [2.05, 4.69) is 10.5 Å². The van der Waals surface area contributed by atoms with Gasteiger partial charge in [0.15, 0.2) is 0 Å². The minimum absolute atomic E-state index is 0.0554. The van der Waals surface area contributed by atoms with Crippen molar-refractivity contribution in [1.82, 2.24) is 5.43 Å². The van der Waals surface area contributed by atoms with Crippen LogP contribution >= 0.6 is 11.6 Å². The highest BCUT2D eigenvalue weighted by Crippen LogP contribution is 2.24. The summed E-state index contributed by atoms with van der Waals surface area (Å²) in [5.41, 5.74) is 4.09. The Balaban J connectivity index is 1.59. The molecule has 1 N–H and O–H groups in total. The van der Waals surface area contributed by atoms with Crippen molar-refractivity contribution in [3.63, 3.8) is 0 Å². The molecule has 24 heavy (non-hydrogen) atoms. The van der Waals surface area contributed by atoms with Gasteiger partial charge in [0.25, 0.3) is 0 Å². The number of hydrogen-bond acceptors (Lipinski definition) is 3. The number of nitrogens with one attached hydrogen (secondary N) is 1. The van der Waals surface area contributed by atoms with Crippen LogP contribution in [0.5, 0.6) is 0 Å². The molecule has 0 spiro atoms. The van der Waals surface area contributed by atoms with Crippen molar-refractivity contribution in [2.75, 3.05) is 11.4 Å². The Morgan fingerprint density at radius 3 is 2.75 bits per heavy atom. The van der Waals surface area contributed by atoms with Crippen LogP contribution in [-0.4, -0.2) is 24.6 Å². The van der Waals surface area contributed by atoms with Crippen LogP contribution in [0.15, 0.2) is 59.7 Å². The molecule has 0 aliphatic carbocycles. The lowest BCUT2D eigenvalue weighted by molar-refractivity contribution is -0.126. The predicted octanol–water partition coefficient (Wildman–Crippen LogP) is 2.84. The molecule has 2 aromatic carbocycles. The van der Waals surface area contributed by atoms with E-state index < -0.39 is 5.92 Å². The minimum Gasteiger partial charge on any atom is -0.312 e. The van der Waals surface area contributed by atoms with E-state index in [4.69, 9.17) is 11.6 Å². The Labute approximate surface area is 144 Å². The zero-order valence-electron chi connectivity index (χ0n) is 12.9. The number of para-hydroxylation sites is 1. The average Bonchev–Trinajstić information content (AvgIpc) is 2.98. The molecular weight excluding hydrogens is 326 g/mol. The van der Waals surface area contributed by atoms with Gasteiger partial charge in [0.2, 0.25) is 11.8 Å². The van der Waals surface area contributed by atoms with E-state index in [1.165, 1.54) is 6.21 Å². The van der Waals surface area contributed by atoms with Crippen molar-refractivity contribution in [2.45, 2.75) is 6.42 Å². The van der Waals surface area contributed by atoms with E-state index in [1.807, 2.05) is 36.4 Å². The van der Waals surface area contributed by atoms with Gasteiger partial charge in [-0.05, 0) is 29.8 Å². The minimum atomic E-state index is -0.408. The molecule has 0 aromatic heterocycles. The number of amides is 2. The summed E-state index contributed by atoms with van der Waals surface area (Å²) < 4.78 is 0. The van der Waals surface area contributed by atoms with Gasteiger partial charge in [-0.15, -0.1) is 0 Å². The monoisotopic (exact) mass is 341 g/mol. The van der Waals surface area contributed by atoms with Gasteiger partial charge in [-0.25, -0.2) is 5.43 Å². The normalized spacial score (nSPS) is 17.5. The van der Waals surface area contributed by atoms with E-state index >= 15 is 0 Å². The standard InChI is InChI=1S/C18H16ClN3O2/c19-15-6-4-5-13(9-15)11-20-21-18(24)14-10-17(23)22(12-14)16-7-2-1-3-8-16/h1-9,11,14H,10,12H2,(H,21,24)/b20-11-/t14-/m0/s1. The molecule has 0 radical (unpaired) electrons. The Morgan fingerprint density at radius 2 is 2.00 bits per heavy atom. The average molecular weight is 342 g/mol. The Morgan fingerprint density at radius 1 is 1.21 bits per heavy atom. The zero-order valence-corrected chi connectivity index (χ0v) is 13.6. The number of anilines is 1. The van der Waals surface area contributed by atoms with Crippen LogP contribution in [0, 0.1) is 5.92 Å². The number of halogens is 1. The number of hydrazone groups is 1. The highest BCUT2D eigenvalue weighted by Gasteiger charge is 2.34. The third-order valence-electron chi connectivity index (χ3n) is 3.80. The van der Waals surface area contributed by atoms with Crippen LogP contribution in [0.25, 0.3) is 0 Å². The number of carbonyl (C=O) groups excluding carboxylic acids is 2. The van der Waals surface area contributed by atoms with Crippen molar-refractivity contribution in [1.29, 1.82) is 0 Å². The fourth-order valence-electron chi connectivity index (χ4n) is 2.59. The maximum absolute atomic E-state index is 12.2. The maximum atomic E-state index is 12.2. The molecule has 2 amide bonds. The molecule has 5 nitrogen and oxygen atoms in total. The predicted molar refractivity (Wildman–Crippen MR) is 94.1 cm³/mol. The second-order valence-corrected chi connectivity index (χ2v) is 5.97. The molecule has 1 atom stereocenters. The Kier molecular flexibility index (Phi) is 4.91. The zero-order chi connectivity index (χ0) is 16.9. The first kappa shape index (κ1) is 16.2. The van der Waals surface area contributed by atoms with E-state index in [1.54, 1.807) is 23.1 Å². The summed E-state index contributed by atoms with van der Waals surface area (Å²) in [6.07, 6.45) is 1.71. The lowest BCUT2D eigenvalue weighted by Crippen LogP contribution is -2.30. The third-order valence-corrected chi connectivity index (χ3v) is 4.04. The van der Waals surface area contributed by atoms with Crippen LogP contribution in [0.4, 0.5) is 5.69 Å². The van der Waals surface area contributed by atoms with Crippen molar-refractivity contribution in [3.05, 3.63) is 65.2 Å². The SMILES string of the molecule is O=C(N/N=C\c1cccc(Cl)c1)[C@H]1CC(=O)N(c2ccccc2)C1. The molecule has 1 heterocycles. The molecule has 1 aliphatic heterocycles. The summed E-state index contributed by atoms with van der Waals surface area (Å²) in [7, 11) is 0. The van der Waals surface area contributed by atoms with Crippen LogP contribution in [0.1, 0.15) is 12.0 Å². The molecule has 122 valence electrons. The maximum Gasteiger partial charge on any atom is 0.245 e. The van der Waals surface area contributed by atoms with E-state index in [-0.39, 0.29) is 18.2 Å². The summed E-state index contributed by atoms with van der Waals surface area (Å²) >= 11 is 5.89. The van der Waals surface area contributed by atoms with Gasteiger partial charge < -0.3 is 4.90 Å². The van der Waals surface area contributed by atoms with E-state index in [0.717, 1.165) is 11.3 Å². The lowest BCUT2D eigenvalue weighted by Gasteiger charge is -2.16. The van der Waals surface area contributed by atoms with E-state index in [0.29, 0.717) is 11.6 Å². The quantitative estimate of drug-likeness (QED) is 0.686. The van der Waals surface area contributed by atoms with Gasteiger partial charge >= 0.3 is 0 Å². The third kappa shape index (κ3) is 3.81. The topological polar surface area (TPSA) is 61.8 Å². The van der Waals surface area contributed by atoms with Crippen molar-refractivity contribution in [3.8, 4) is 0 Å². The molecule has 2 aromatic rings. The molecule has 6 heteroatoms. The second-order valence-electron chi connectivity index (χ2n) is 5.53. The van der Waals surface area contributed by atoms with Gasteiger partial charge in [0, 0.05) is 23.7 Å². The van der Waals surface area contributed by atoms with Gasteiger partial charge in [0.05, 0.1) is 12.1 Å². The number of benzene rings is 2. The van der Waals surface area contributed by atoms with Gasteiger partial charge in [-0.2, -0.15) is 5.10 Å². The Bertz CT molecular complexity index is 777. The van der Waals surface area contributed by atoms with E-state index in [9.17, 15) is 9.59 Å². The molecular formula is C18H16ClN3O2. The molecule has 1 aliphatic rings. The van der Waals surface area contributed by atoms with Crippen LogP contribution in [-0.2, 0) is 9.59 Å². The number of nitrogens with zero attached hydrogens (tertiary/aromatic N) is 2. The van der Waals surface area contributed by atoms with Gasteiger partial charge in [0.1, 0.15) is 0 Å². The molecule has 0 saturated carbocycles. The fraction of sp³-hybridized carbons (Fsp3) is 0.167. The van der Waals surface area contributed by atoms with Gasteiger partial charge in [-0.3, -0.25) is 9.59 Å². The molecule has 1 saturated heterocycles. The van der Waals surface area contributed by atoms with Crippen molar-refractivity contribution >= 4 is 35.3 Å². The van der Waals surface area contributed by atoms with Crippen molar-refractivity contribution in [2.24, 2.45) is 11.0 Å². The first-order chi connectivity index (χ1) is 11.6. The molecule has 0 unspecified atom stereocenters. The molecule has 0 bridgehead atoms. The summed E-state index contributed by atoms with van der Waals surface area (Å²) in [6, 6.07) is 16.5. The largest absolute Gasteiger partial charge is 0.312 e. The Hall–Kier alpha value is -2.66. The fourth-order valence-corrected chi connectivity index (χ4v) is 2.79. The van der Waals surface area contributed by atoms with Crippen LogP contribution < -0.4 is 10.3 Å². The van der Waals surface area contributed by atoms with Crippen LogP contribution in [0.2, 0.25) is 5.02 Å². The molecule has 1 fully saturated rings. The summed E-state index contributed by atoms with van der Waals surface area (Å²) in [5, 5.41) is 4.54. The first-order valence-corrected chi connectivity index (χ1v) is 7.95.